The molecule has 1 saturated heterocycles. The average Bonchev–Trinajstić information content (AvgIpc) is 3.19. The first-order chi connectivity index (χ1) is 11.9. The normalized spacial score (nSPS) is 19.8. The van der Waals surface area contributed by atoms with Crippen molar-refractivity contribution >= 4 is 23.2 Å². The van der Waals surface area contributed by atoms with Crippen LogP contribution in [0, 0.1) is 12.3 Å². The van der Waals surface area contributed by atoms with Crippen molar-refractivity contribution < 1.29 is 19.4 Å². The summed E-state index contributed by atoms with van der Waals surface area (Å²) >= 11 is 1.55. The zero-order chi connectivity index (χ0) is 18.0. The van der Waals surface area contributed by atoms with Crippen molar-refractivity contribution in [1.82, 2.24) is 9.88 Å². The van der Waals surface area contributed by atoms with Crippen molar-refractivity contribution in [3.63, 3.8) is 0 Å². The molecule has 1 fully saturated rings. The van der Waals surface area contributed by atoms with Crippen LogP contribution < -0.4 is 4.74 Å². The highest BCUT2D eigenvalue weighted by Crippen LogP contribution is 2.32. The van der Waals surface area contributed by atoms with Gasteiger partial charge in [0.25, 0.3) is 5.91 Å². The van der Waals surface area contributed by atoms with Crippen LogP contribution in [0.5, 0.6) is 5.75 Å². The number of para-hydroxylation sites is 1. The van der Waals surface area contributed by atoms with E-state index in [9.17, 15) is 14.7 Å². The van der Waals surface area contributed by atoms with E-state index in [-0.39, 0.29) is 12.5 Å². The van der Waals surface area contributed by atoms with E-state index in [4.69, 9.17) is 4.74 Å². The number of aryl methyl sites for hydroxylation is 1. The number of aromatic nitrogens is 1. The number of hydrogen-bond donors (Lipinski definition) is 1. The highest BCUT2D eigenvalue weighted by atomic mass is 32.1. The van der Waals surface area contributed by atoms with E-state index < -0.39 is 11.4 Å². The fourth-order valence-corrected chi connectivity index (χ4v) is 3.47. The largest absolute Gasteiger partial charge is 0.486 e. The SMILES string of the molecule is Cc1nc(COc2ccccc2C(=O)N2CCC(C)(C(=O)O)C2)cs1. The Morgan fingerprint density at radius 3 is 2.80 bits per heavy atom. The standard InChI is InChI=1S/C18H20N2O4S/c1-12-19-13(10-25-12)9-24-15-6-4-3-5-14(15)16(21)20-8-7-18(2,11-20)17(22)23/h3-6,10H,7-9,11H2,1-2H3,(H,22,23). The molecule has 0 spiro atoms. The minimum atomic E-state index is -0.885. The third kappa shape index (κ3) is 3.66. The number of carbonyl (C=O) groups excluding carboxylic acids is 1. The Labute approximate surface area is 150 Å². The summed E-state index contributed by atoms with van der Waals surface area (Å²) in [6, 6.07) is 7.04. The summed E-state index contributed by atoms with van der Waals surface area (Å²) < 4.78 is 5.80. The first-order valence-electron chi connectivity index (χ1n) is 8.04. The number of carboxylic acids is 1. The third-order valence-electron chi connectivity index (χ3n) is 4.44. The maximum Gasteiger partial charge on any atom is 0.311 e. The molecule has 6 nitrogen and oxygen atoms in total. The van der Waals surface area contributed by atoms with Gasteiger partial charge >= 0.3 is 5.97 Å². The maximum atomic E-state index is 12.8. The Morgan fingerprint density at radius 2 is 2.16 bits per heavy atom. The zero-order valence-corrected chi connectivity index (χ0v) is 15.0. The molecule has 1 unspecified atom stereocenters. The van der Waals surface area contributed by atoms with Gasteiger partial charge in [0.2, 0.25) is 0 Å². The highest BCUT2D eigenvalue weighted by Gasteiger charge is 2.42. The van der Waals surface area contributed by atoms with Crippen LogP contribution in [0.25, 0.3) is 0 Å². The number of ether oxygens (including phenoxy) is 1. The average molecular weight is 360 g/mol. The molecule has 0 aliphatic carbocycles. The van der Waals surface area contributed by atoms with E-state index in [0.29, 0.717) is 30.9 Å². The fraction of sp³-hybridized carbons (Fsp3) is 0.389. The smallest absolute Gasteiger partial charge is 0.311 e. The lowest BCUT2D eigenvalue weighted by Crippen LogP contribution is -2.35. The molecule has 1 amide bonds. The molecule has 25 heavy (non-hydrogen) atoms. The summed E-state index contributed by atoms with van der Waals surface area (Å²) in [6.45, 7) is 4.54. The van der Waals surface area contributed by atoms with Crippen LogP contribution in [-0.2, 0) is 11.4 Å². The second-order valence-electron chi connectivity index (χ2n) is 6.49. The minimum absolute atomic E-state index is 0.199. The number of thiazole rings is 1. The predicted octanol–water partition coefficient (Wildman–Crippen LogP) is 2.97. The molecule has 7 heteroatoms. The molecule has 0 radical (unpaired) electrons. The minimum Gasteiger partial charge on any atom is -0.486 e. The molecule has 2 heterocycles. The first-order valence-corrected chi connectivity index (χ1v) is 8.92. The van der Waals surface area contributed by atoms with Crippen molar-refractivity contribution in [1.29, 1.82) is 0 Å². The molecule has 1 atom stereocenters. The summed E-state index contributed by atoms with van der Waals surface area (Å²) in [6.07, 6.45) is 0.454. The van der Waals surface area contributed by atoms with Crippen LogP contribution >= 0.6 is 11.3 Å². The summed E-state index contributed by atoms with van der Waals surface area (Å²) in [5.74, 6) is -0.580. The topological polar surface area (TPSA) is 79.7 Å². The van der Waals surface area contributed by atoms with Gasteiger partial charge in [0, 0.05) is 18.5 Å². The van der Waals surface area contributed by atoms with Gasteiger partial charge in [0.15, 0.2) is 0 Å². The van der Waals surface area contributed by atoms with E-state index in [2.05, 4.69) is 4.98 Å². The van der Waals surface area contributed by atoms with Crippen LogP contribution in [0.3, 0.4) is 0 Å². The lowest BCUT2D eigenvalue weighted by atomic mass is 9.90. The van der Waals surface area contributed by atoms with E-state index in [0.717, 1.165) is 10.7 Å². The Hall–Kier alpha value is -2.41. The van der Waals surface area contributed by atoms with Gasteiger partial charge in [-0.25, -0.2) is 4.98 Å². The van der Waals surface area contributed by atoms with Crippen LogP contribution in [-0.4, -0.2) is 40.0 Å². The van der Waals surface area contributed by atoms with E-state index >= 15 is 0 Å². The number of amides is 1. The van der Waals surface area contributed by atoms with Gasteiger partial charge in [-0.3, -0.25) is 9.59 Å². The highest BCUT2D eigenvalue weighted by molar-refractivity contribution is 7.09. The van der Waals surface area contributed by atoms with Gasteiger partial charge < -0.3 is 14.7 Å². The third-order valence-corrected chi connectivity index (χ3v) is 5.26. The molecule has 0 saturated carbocycles. The van der Waals surface area contributed by atoms with Crippen LogP contribution in [0.1, 0.15) is 34.4 Å². The molecular weight excluding hydrogens is 340 g/mol. The number of carboxylic acid groups (broad SMARTS) is 1. The van der Waals surface area contributed by atoms with Crippen LogP contribution in [0.4, 0.5) is 0 Å². The van der Waals surface area contributed by atoms with Crippen molar-refractivity contribution in [2.45, 2.75) is 26.9 Å². The number of nitrogens with zero attached hydrogens (tertiary/aromatic N) is 2. The molecular formula is C18H20N2O4S. The van der Waals surface area contributed by atoms with Gasteiger partial charge in [-0.2, -0.15) is 0 Å². The monoisotopic (exact) mass is 360 g/mol. The van der Waals surface area contributed by atoms with Crippen molar-refractivity contribution in [3.8, 4) is 5.75 Å². The van der Waals surface area contributed by atoms with Crippen LogP contribution in [0.2, 0.25) is 0 Å². The van der Waals surface area contributed by atoms with Crippen molar-refractivity contribution in [2.24, 2.45) is 5.41 Å². The van der Waals surface area contributed by atoms with Gasteiger partial charge in [0.05, 0.1) is 21.7 Å². The van der Waals surface area contributed by atoms with Gasteiger partial charge in [0.1, 0.15) is 12.4 Å². The van der Waals surface area contributed by atoms with Gasteiger partial charge in [-0.15, -0.1) is 11.3 Å². The number of hydrogen-bond acceptors (Lipinski definition) is 5. The Bertz CT molecular complexity index is 804. The summed E-state index contributed by atoms with van der Waals surface area (Å²) in [4.78, 5) is 30.2. The Kier molecular flexibility index (Phi) is 4.76. The summed E-state index contributed by atoms with van der Waals surface area (Å²) in [5, 5.41) is 12.2. The van der Waals surface area contributed by atoms with E-state index in [1.807, 2.05) is 18.4 Å². The molecule has 1 aromatic heterocycles. The molecule has 1 N–H and O–H groups in total. The predicted molar refractivity (Wildman–Crippen MR) is 93.9 cm³/mol. The fourth-order valence-electron chi connectivity index (χ4n) is 2.87. The van der Waals surface area contributed by atoms with E-state index in [1.54, 1.807) is 41.4 Å². The quantitative estimate of drug-likeness (QED) is 0.887. The summed E-state index contributed by atoms with van der Waals surface area (Å²) in [7, 11) is 0. The maximum absolute atomic E-state index is 12.8. The molecule has 0 bridgehead atoms. The van der Waals surface area contributed by atoms with Gasteiger partial charge in [-0.05, 0) is 32.4 Å². The van der Waals surface area contributed by atoms with Crippen molar-refractivity contribution in [3.05, 3.63) is 45.9 Å². The van der Waals surface area contributed by atoms with Crippen molar-refractivity contribution in [2.75, 3.05) is 13.1 Å². The number of aliphatic carboxylic acids is 1. The molecule has 132 valence electrons. The molecule has 1 aromatic carbocycles. The van der Waals surface area contributed by atoms with Gasteiger partial charge in [-0.1, -0.05) is 12.1 Å². The Morgan fingerprint density at radius 1 is 1.40 bits per heavy atom. The molecule has 2 aromatic rings. The number of rotatable bonds is 5. The number of likely N-dealkylation sites (tertiary alicyclic amines) is 1. The molecule has 1 aliphatic rings. The molecule has 1 aliphatic heterocycles. The second kappa shape index (κ2) is 6.84. The lowest BCUT2D eigenvalue weighted by Gasteiger charge is -2.21. The van der Waals surface area contributed by atoms with Crippen LogP contribution in [0.15, 0.2) is 29.6 Å². The number of benzene rings is 1. The summed E-state index contributed by atoms with van der Waals surface area (Å²) in [5.41, 5.74) is 0.386. The first kappa shape index (κ1) is 17.4. The second-order valence-corrected chi connectivity index (χ2v) is 7.55. The molecule has 3 rings (SSSR count). The zero-order valence-electron chi connectivity index (χ0n) is 14.2. The lowest BCUT2D eigenvalue weighted by molar-refractivity contribution is -0.147. The van der Waals surface area contributed by atoms with E-state index in [1.165, 1.54) is 0 Å². The number of carbonyl (C=O) groups is 2. The Balaban J connectivity index is 1.74.